The van der Waals surface area contributed by atoms with Crippen LogP contribution in [0, 0.1) is 0 Å². The molecule has 0 atom stereocenters. The number of anilines is 2. The Kier molecular flexibility index (Phi) is 6.46. The average Bonchev–Trinajstić information content (AvgIpc) is 2.54. The molecule has 0 aliphatic carbocycles. The summed E-state index contributed by atoms with van der Waals surface area (Å²) < 4.78 is 5.81. The molecule has 2 N–H and O–H groups in total. The van der Waals surface area contributed by atoms with E-state index in [1.165, 1.54) is 0 Å². The van der Waals surface area contributed by atoms with Gasteiger partial charge in [0.15, 0.2) is 0 Å². The quantitative estimate of drug-likeness (QED) is 0.670. The minimum atomic E-state index is 0.775. The second-order valence-electron chi connectivity index (χ2n) is 4.92. The predicted molar refractivity (Wildman–Crippen MR) is 90.3 cm³/mol. The Morgan fingerprint density at radius 3 is 2.38 bits per heavy atom. The van der Waals surface area contributed by atoms with E-state index < -0.39 is 0 Å². The molecule has 0 radical (unpaired) electrons. The molecule has 0 amide bonds. The summed E-state index contributed by atoms with van der Waals surface area (Å²) in [5.74, 6) is 0.936. The monoisotopic (exact) mass is 284 g/mol. The van der Waals surface area contributed by atoms with Gasteiger partial charge in [-0.15, -0.1) is 0 Å². The smallest absolute Gasteiger partial charge is 0.142 e. The van der Waals surface area contributed by atoms with Gasteiger partial charge in [0.05, 0.1) is 12.3 Å². The second-order valence-corrected chi connectivity index (χ2v) is 4.92. The van der Waals surface area contributed by atoms with Crippen LogP contribution in [-0.2, 0) is 0 Å². The van der Waals surface area contributed by atoms with Gasteiger partial charge in [-0.2, -0.15) is 0 Å². The number of hydrogen-bond donors (Lipinski definition) is 2. The van der Waals surface area contributed by atoms with Crippen LogP contribution in [-0.4, -0.2) is 19.7 Å². The van der Waals surface area contributed by atoms with Crippen molar-refractivity contribution < 1.29 is 4.74 Å². The van der Waals surface area contributed by atoms with E-state index in [9.17, 15) is 0 Å². The number of para-hydroxylation sites is 3. The van der Waals surface area contributed by atoms with Gasteiger partial charge in [0.1, 0.15) is 5.75 Å². The van der Waals surface area contributed by atoms with Crippen molar-refractivity contribution in [1.82, 2.24) is 0 Å². The molecule has 0 fully saturated rings. The fourth-order valence-electron chi connectivity index (χ4n) is 2.03. The zero-order chi connectivity index (χ0) is 14.8. The summed E-state index contributed by atoms with van der Waals surface area (Å²) in [6.07, 6.45) is 2.24. The first-order valence-electron chi connectivity index (χ1n) is 7.65. The summed E-state index contributed by atoms with van der Waals surface area (Å²) in [5, 5.41) is 6.81. The molecule has 3 nitrogen and oxygen atoms in total. The molecule has 2 aromatic carbocycles. The molecular formula is C18H24N2O. The number of unbranched alkanes of at least 4 members (excludes halogenated alkanes) is 1. The van der Waals surface area contributed by atoms with Crippen LogP contribution in [0.25, 0.3) is 0 Å². The first-order chi connectivity index (χ1) is 10.4. The van der Waals surface area contributed by atoms with E-state index in [0.717, 1.165) is 49.7 Å². The molecule has 3 heteroatoms. The van der Waals surface area contributed by atoms with Gasteiger partial charge >= 0.3 is 0 Å². The molecule has 2 rings (SSSR count). The predicted octanol–water partition coefficient (Wildman–Crippen LogP) is 4.39. The number of benzene rings is 2. The molecule has 0 saturated carbocycles. The van der Waals surface area contributed by atoms with Gasteiger partial charge in [-0.1, -0.05) is 43.7 Å². The zero-order valence-corrected chi connectivity index (χ0v) is 12.6. The molecule has 0 bridgehead atoms. The maximum atomic E-state index is 5.81. The molecule has 2 aromatic rings. The van der Waals surface area contributed by atoms with E-state index in [2.05, 4.69) is 35.8 Å². The van der Waals surface area contributed by atoms with Crippen LogP contribution >= 0.6 is 0 Å². The SMILES string of the molecule is CCCCOc1ccccc1NCCNc1ccccc1. The lowest BCUT2D eigenvalue weighted by atomic mass is 10.3. The Morgan fingerprint density at radius 1 is 0.857 bits per heavy atom. The van der Waals surface area contributed by atoms with Crippen molar-refractivity contribution >= 4 is 11.4 Å². The van der Waals surface area contributed by atoms with E-state index in [-0.39, 0.29) is 0 Å². The standard InChI is InChI=1S/C18H24N2O/c1-2-3-15-21-18-12-8-7-11-17(18)20-14-13-19-16-9-5-4-6-10-16/h4-12,19-20H,2-3,13-15H2,1H3. The third-order valence-electron chi connectivity index (χ3n) is 3.19. The van der Waals surface area contributed by atoms with Gasteiger partial charge in [-0.25, -0.2) is 0 Å². The van der Waals surface area contributed by atoms with Gasteiger partial charge in [0.25, 0.3) is 0 Å². The second kappa shape index (κ2) is 8.90. The van der Waals surface area contributed by atoms with Crippen LogP contribution in [0.1, 0.15) is 19.8 Å². The highest BCUT2D eigenvalue weighted by Gasteiger charge is 2.01. The van der Waals surface area contributed by atoms with Crippen molar-refractivity contribution in [3.63, 3.8) is 0 Å². The highest BCUT2D eigenvalue weighted by atomic mass is 16.5. The average molecular weight is 284 g/mol. The van der Waals surface area contributed by atoms with Crippen molar-refractivity contribution in [3.05, 3.63) is 54.6 Å². The molecule has 0 aromatic heterocycles. The highest BCUT2D eigenvalue weighted by Crippen LogP contribution is 2.23. The highest BCUT2D eigenvalue weighted by molar-refractivity contribution is 5.56. The van der Waals surface area contributed by atoms with E-state index in [4.69, 9.17) is 4.74 Å². The van der Waals surface area contributed by atoms with Crippen molar-refractivity contribution in [2.75, 3.05) is 30.3 Å². The van der Waals surface area contributed by atoms with Gasteiger partial charge in [-0.05, 0) is 30.7 Å². The van der Waals surface area contributed by atoms with Crippen molar-refractivity contribution in [2.24, 2.45) is 0 Å². The minimum Gasteiger partial charge on any atom is -0.491 e. The summed E-state index contributed by atoms with van der Waals surface area (Å²) in [7, 11) is 0. The van der Waals surface area contributed by atoms with Crippen molar-refractivity contribution in [3.8, 4) is 5.75 Å². The minimum absolute atomic E-state index is 0.775. The van der Waals surface area contributed by atoms with Crippen LogP contribution in [0.5, 0.6) is 5.75 Å². The Labute approximate surface area is 127 Å². The van der Waals surface area contributed by atoms with Crippen molar-refractivity contribution in [1.29, 1.82) is 0 Å². The third-order valence-corrected chi connectivity index (χ3v) is 3.19. The lowest BCUT2D eigenvalue weighted by Crippen LogP contribution is -2.14. The van der Waals surface area contributed by atoms with E-state index in [1.807, 2.05) is 36.4 Å². The van der Waals surface area contributed by atoms with Crippen LogP contribution in [0.2, 0.25) is 0 Å². The maximum Gasteiger partial charge on any atom is 0.142 e. The van der Waals surface area contributed by atoms with E-state index in [1.54, 1.807) is 0 Å². The van der Waals surface area contributed by atoms with Crippen LogP contribution < -0.4 is 15.4 Å². The normalized spacial score (nSPS) is 10.1. The van der Waals surface area contributed by atoms with Crippen LogP contribution in [0.15, 0.2) is 54.6 Å². The largest absolute Gasteiger partial charge is 0.491 e. The molecule has 0 aliphatic heterocycles. The summed E-state index contributed by atoms with van der Waals surface area (Å²) in [6, 6.07) is 18.3. The lowest BCUT2D eigenvalue weighted by molar-refractivity contribution is 0.311. The first kappa shape index (κ1) is 15.2. The van der Waals surface area contributed by atoms with E-state index >= 15 is 0 Å². The van der Waals surface area contributed by atoms with Gasteiger partial charge in [0, 0.05) is 18.8 Å². The third kappa shape index (κ3) is 5.38. The molecule has 112 valence electrons. The molecule has 0 spiro atoms. The number of hydrogen-bond acceptors (Lipinski definition) is 3. The van der Waals surface area contributed by atoms with Gasteiger partial charge < -0.3 is 15.4 Å². The Bertz CT molecular complexity index is 514. The van der Waals surface area contributed by atoms with Gasteiger partial charge in [0.2, 0.25) is 0 Å². The number of rotatable bonds is 9. The molecule has 21 heavy (non-hydrogen) atoms. The maximum absolute atomic E-state index is 5.81. The Morgan fingerprint density at radius 2 is 1.57 bits per heavy atom. The Hall–Kier alpha value is -2.16. The summed E-state index contributed by atoms with van der Waals surface area (Å²) >= 11 is 0. The summed E-state index contributed by atoms with van der Waals surface area (Å²) in [6.45, 7) is 4.66. The number of nitrogens with one attached hydrogen (secondary N) is 2. The van der Waals surface area contributed by atoms with Crippen LogP contribution in [0.4, 0.5) is 11.4 Å². The summed E-state index contributed by atoms with van der Waals surface area (Å²) in [5.41, 5.74) is 2.20. The molecule has 0 saturated heterocycles. The van der Waals surface area contributed by atoms with Gasteiger partial charge in [-0.3, -0.25) is 0 Å². The molecule has 0 unspecified atom stereocenters. The first-order valence-corrected chi connectivity index (χ1v) is 7.65. The summed E-state index contributed by atoms with van der Waals surface area (Å²) in [4.78, 5) is 0. The van der Waals surface area contributed by atoms with E-state index in [0.29, 0.717) is 0 Å². The topological polar surface area (TPSA) is 33.3 Å². The van der Waals surface area contributed by atoms with Crippen LogP contribution in [0.3, 0.4) is 0 Å². The lowest BCUT2D eigenvalue weighted by Gasteiger charge is -2.13. The Balaban J connectivity index is 1.77. The molecule has 0 aliphatic rings. The molecular weight excluding hydrogens is 260 g/mol. The number of ether oxygens (including phenoxy) is 1. The van der Waals surface area contributed by atoms with Crippen molar-refractivity contribution in [2.45, 2.75) is 19.8 Å². The fraction of sp³-hybridized carbons (Fsp3) is 0.333. The zero-order valence-electron chi connectivity index (χ0n) is 12.6. The molecule has 0 heterocycles. The fourth-order valence-corrected chi connectivity index (χ4v) is 2.03.